The first-order valence-corrected chi connectivity index (χ1v) is 5.96. The van der Waals surface area contributed by atoms with Gasteiger partial charge in [0.2, 0.25) is 0 Å². The number of hydrogen-bond donors (Lipinski definition) is 2. The van der Waals surface area contributed by atoms with Gasteiger partial charge in [-0.05, 0) is 27.2 Å². The van der Waals surface area contributed by atoms with Gasteiger partial charge in [0.05, 0.1) is 5.69 Å². The molecule has 1 unspecified atom stereocenters. The Kier molecular flexibility index (Phi) is 4.29. The van der Waals surface area contributed by atoms with Gasteiger partial charge < -0.3 is 16.2 Å². The van der Waals surface area contributed by atoms with Gasteiger partial charge in [0.25, 0.3) is 5.91 Å². The molecule has 0 aliphatic carbocycles. The van der Waals surface area contributed by atoms with E-state index in [0.29, 0.717) is 23.6 Å². The number of aryl methyl sites for hydroxylation is 2. The summed E-state index contributed by atoms with van der Waals surface area (Å²) in [6.45, 7) is 7.79. The quantitative estimate of drug-likeness (QED) is 0.825. The van der Waals surface area contributed by atoms with Gasteiger partial charge in [-0.2, -0.15) is 0 Å². The summed E-state index contributed by atoms with van der Waals surface area (Å²) in [7, 11) is 0. The summed E-state index contributed by atoms with van der Waals surface area (Å²) in [4.78, 5) is 15.6. The molecule has 0 spiro atoms. The second-order valence-electron chi connectivity index (χ2n) is 4.88. The summed E-state index contributed by atoms with van der Waals surface area (Å²) < 4.78 is 5.65. The molecule has 0 saturated carbocycles. The van der Waals surface area contributed by atoms with Crippen LogP contribution < -0.4 is 16.2 Å². The zero-order valence-electron chi connectivity index (χ0n) is 11.4. The van der Waals surface area contributed by atoms with E-state index in [9.17, 15) is 4.79 Å². The van der Waals surface area contributed by atoms with Crippen molar-refractivity contribution >= 4 is 5.91 Å². The molecule has 5 nitrogen and oxygen atoms in total. The van der Waals surface area contributed by atoms with Crippen molar-refractivity contribution in [2.24, 2.45) is 11.5 Å². The van der Waals surface area contributed by atoms with Crippen LogP contribution >= 0.6 is 0 Å². The molecule has 0 saturated heterocycles. The first-order valence-electron chi connectivity index (χ1n) is 5.96. The zero-order valence-corrected chi connectivity index (χ0v) is 11.4. The summed E-state index contributed by atoms with van der Waals surface area (Å²) in [6.07, 6.45) is 0.780. The Morgan fingerprint density at radius 3 is 2.61 bits per heavy atom. The SMILES string of the molecule is CCC(C)(N)COc1cc(C)nc(C)c1C(N)=O. The number of ether oxygens (including phenoxy) is 1. The number of nitrogens with two attached hydrogens (primary N) is 2. The normalized spacial score (nSPS) is 14.1. The maximum absolute atomic E-state index is 11.4. The Morgan fingerprint density at radius 1 is 1.50 bits per heavy atom. The summed E-state index contributed by atoms with van der Waals surface area (Å²) in [5.74, 6) is -0.0807. The molecule has 1 rings (SSSR count). The first-order chi connectivity index (χ1) is 8.26. The highest BCUT2D eigenvalue weighted by atomic mass is 16.5. The third-order valence-corrected chi connectivity index (χ3v) is 2.90. The highest BCUT2D eigenvalue weighted by molar-refractivity contribution is 5.96. The average molecular weight is 251 g/mol. The van der Waals surface area contributed by atoms with E-state index in [1.807, 2.05) is 20.8 Å². The third-order valence-electron chi connectivity index (χ3n) is 2.90. The second kappa shape index (κ2) is 5.35. The summed E-state index contributed by atoms with van der Waals surface area (Å²) >= 11 is 0. The molecule has 18 heavy (non-hydrogen) atoms. The van der Waals surface area contributed by atoms with Crippen molar-refractivity contribution < 1.29 is 9.53 Å². The van der Waals surface area contributed by atoms with E-state index in [-0.39, 0.29) is 0 Å². The van der Waals surface area contributed by atoms with E-state index in [2.05, 4.69) is 4.98 Å². The molecule has 0 aliphatic heterocycles. The minimum atomic E-state index is -0.537. The van der Waals surface area contributed by atoms with E-state index < -0.39 is 11.4 Å². The monoisotopic (exact) mass is 251 g/mol. The fourth-order valence-electron chi connectivity index (χ4n) is 1.55. The fourth-order valence-corrected chi connectivity index (χ4v) is 1.55. The number of carbonyl (C=O) groups excluding carboxylic acids is 1. The molecule has 0 aliphatic rings. The lowest BCUT2D eigenvalue weighted by atomic mass is 10.0. The number of aromatic nitrogens is 1. The molecule has 100 valence electrons. The molecule has 1 amide bonds. The first kappa shape index (κ1) is 14.4. The maximum Gasteiger partial charge on any atom is 0.254 e. The van der Waals surface area contributed by atoms with E-state index >= 15 is 0 Å². The highest BCUT2D eigenvalue weighted by Crippen LogP contribution is 2.23. The maximum atomic E-state index is 11.4. The smallest absolute Gasteiger partial charge is 0.254 e. The molecule has 1 heterocycles. The van der Waals surface area contributed by atoms with Crippen LogP contribution in [0, 0.1) is 13.8 Å². The van der Waals surface area contributed by atoms with Gasteiger partial charge in [0.15, 0.2) is 0 Å². The van der Waals surface area contributed by atoms with E-state index in [4.69, 9.17) is 16.2 Å². The van der Waals surface area contributed by atoms with E-state index in [1.54, 1.807) is 13.0 Å². The number of hydrogen-bond acceptors (Lipinski definition) is 4. The third kappa shape index (κ3) is 3.43. The number of nitrogens with zero attached hydrogens (tertiary/aromatic N) is 1. The van der Waals surface area contributed by atoms with Crippen LogP contribution in [0.2, 0.25) is 0 Å². The van der Waals surface area contributed by atoms with Crippen LogP contribution in [0.4, 0.5) is 0 Å². The highest BCUT2D eigenvalue weighted by Gasteiger charge is 2.20. The second-order valence-corrected chi connectivity index (χ2v) is 4.88. The van der Waals surface area contributed by atoms with Gasteiger partial charge in [-0.25, -0.2) is 0 Å². The minimum Gasteiger partial charge on any atom is -0.491 e. The number of rotatable bonds is 5. The molecule has 1 aromatic heterocycles. The Labute approximate surface area is 108 Å². The lowest BCUT2D eigenvalue weighted by Gasteiger charge is -2.23. The van der Waals surface area contributed by atoms with Crippen molar-refractivity contribution in [3.63, 3.8) is 0 Å². The predicted molar refractivity (Wildman–Crippen MR) is 70.6 cm³/mol. The molecule has 0 fully saturated rings. The van der Waals surface area contributed by atoms with Crippen molar-refractivity contribution in [1.29, 1.82) is 0 Å². The van der Waals surface area contributed by atoms with Crippen LogP contribution in [-0.2, 0) is 0 Å². The van der Waals surface area contributed by atoms with Crippen molar-refractivity contribution in [3.05, 3.63) is 23.0 Å². The van der Waals surface area contributed by atoms with Crippen molar-refractivity contribution in [2.75, 3.05) is 6.61 Å². The lowest BCUT2D eigenvalue weighted by molar-refractivity contribution is 0.0993. The summed E-state index contributed by atoms with van der Waals surface area (Å²) in [5, 5.41) is 0. The fraction of sp³-hybridized carbons (Fsp3) is 0.538. The van der Waals surface area contributed by atoms with E-state index in [1.165, 1.54) is 0 Å². The van der Waals surface area contributed by atoms with Gasteiger partial charge >= 0.3 is 0 Å². The number of amides is 1. The summed E-state index contributed by atoms with van der Waals surface area (Å²) in [6, 6.07) is 1.71. The molecule has 1 atom stereocenters. The summed E-state index contributed by atoms with van der Waals surface area (Å²) in [5.41, 5.74) is 12.6. The Balaban J connectivity index is 3.04. The number of carbonyl (C=O) groups is 1. The molecule has 0 bridgehead atoms. The lowest BCUT2D eigenvalue weighted by Crippen LogP contribution is -2.41. The Bertz CT molecular complexity index is 456. The molecule has 0 radical (unpaired) electrons. The van der Waals surface area contributed by atoms with Crippen LogP contribution in [0.3, 0.4) is 0 Å². The Hall–Kier alpha value is -1.62. The topological polar surface area (TPSA) is 91.2 Å². The average Bonchev–Trinajstić information content (AvgIpc) is 2.25. The van der Waals surface area contributed by atoms with Gasteiger partial charge in [-0.1, -0.05) is 6.92 Å². The van der Waals surface area contributed by atoms with E-state index in [0.717, 1.165) is 12.1 Å². The van der Waals surface area contributed by atoms with Crippen LogP contribution in [0.5, 0.6) is 5.75 Å². The van der Waals surface area contributed by atoms with Crippen LogP contribution in [-0.4, -0.2) is 23.0 Å². The van der Waals surface area contributed by atoms with Gasteiger partial charge in [0.1, 0.15) is 17.9 Å². The largest absolute Gasteiger partial charge is 0.491 e. The Morgan fingerprint density at radius 2 is 2.11 bits per heavy atom. The molecule has 4 N–H and O–H groups in total. The minimum absolute atomic E-state index is 0.326. The zero-order chi connectivity index (χ0) is 13.9. The molecule has 1 aromatic rings. The number of pyridine rings is 1. The number of primary amides is 1. The van der Waals surface area contributed by atoms with Crippen LogP contribution in [0.1, 0.15) is 42.0 Å². The predicted octanol–water partition coefficient (Wildman–Crippen LogP) is 1.30. The van der Waals surface area contributed by atoms with Gasteiger partial charge in [-0.3, -0.25) is 9.78 Å². The van der Waals surface area contributed by atoms with Gasteiger partial charge in [-0.15, -0.1) is 0 Å². The van der Waals surface area contributed by atoms with Crippen molar-refractivity contribution in [3.8, 4) is 5.75 Å². The van der Waals surface area contributed by atoms with Crippen molar-refractivity contribution in [2.45, 2.75) is 39.7 Å². The molecular formula is C13H21N3O2. The molecule has 0 aromatic carbocycles. The molecule has 5 heteroatoms. The van der Waals surface area contributed by atoms with Crippen LogP contribution in [0.25, 0.3) is 0 Å². The van der Waals surface area contributed by atoms with Gasteiger partial charge in [0, 0.05) is 17.3 Å². The van der Waals surface area contributed by atoms with Crippen LogP contribution in [0.15, 0.2) is 6.07 Å². The standard InChI is InChI=1S/C13H21N3O2/c1-5-13(4,15)7-18-10-6-8(2)16-9(3)11(10)12(14)17/h6H,5,7,15H2,1-4H3,(H2,14,17). The molecular weight excluding hydrogens is 230 g/mol. The van der Waals surface area contributed by atoms with Crippen molar-refractivity contribution in [1.82, 2.24) is 4.98 Å².